The summed E-state index contributed by atoms with van der Waals surface area (Å²) in [5.41, 5.74) is 3.86. The highest BCUT2D eigenvalue weighted by Crippen LogP contribution is 2.28. The lowest BCUT2D eigenvalue weighted by atomic mass is 9.95. The van der Waals surface area contributed by atoms with E-state index in [9.17, 15) is 14.7 Å². The van der Waals surface area contributed by atoms with Gasteiger partial charge in [-0.2, -0.15) is 4.98 Å². The van der Waals surface area contributed by atoms with Crippen LogP contribution in [0.3, 0.4) is 0 Å². The predicted octanol–water partition coefficient (Wildman–Crippen LogP) is 4.25. The minimum atomic E-state index is -0.961. The summed E-state index contributed by atoms with van der Waals surface area (Å²) in [5, 5.41) is 9.42. The van der Waals surface area contributed by atoms with Gasteiger partial charge in [-0.25, -0.2) is 9.59 Å². The second kappa shape index (κ2) is 7.99. The lowest BCUT2D eigenvalue weighted by Gasteiger charge is -2.12. The molecule has 1 N–H and O–H groups in total. The van der Waals surface area contributed by atoms with Gasteiger partial charge in [0.05, 0.1) is 11.3 Å². The first-order valence-corrected chi connectivity index (χ1v) is 9.03. The first kappa shape index (κ1) is 18.6. The molecular weight excluding hydrogens is 340 g/mol. The van der Waals surface area contributed by atoms with E-state index in [-0.39, 0.29) is 11.3 Å². The number of carboxylic acids is 1. The smallest absolute Gasteiger partial charge is 0.352 e. The molecule has 2 aromatic carbocycles. The molecule has 27 heavy (non-hydrogen) atoms. The summed E-state index contributed by atoms with van der Waals surface area (Å²) in [6, 6.07) is 14.3. The largest absolute Gasteiger partial charge is 0.478 e. The number of aryl methyl sites for hydroxylation is 2. The van der Waals surface area contributed by atoms with Crippen molar-refractivity contribution in [1.82, 2.24) is 9.55 Å². The van der Waals surface area contributed by atoms with Crippen LogP contribution in [-0.4, -0.2) is 20.6 Å². The van der Waals surface area contributed by atoms with Gasteiger partial charge in [0, 0.05) is 11.9 Å². The fourth-order valence-electron chi connectivity index (χ4n) is 3.14. The van der Waals surface area contributed by atoms with Gasteiger partial charge in [-0.1, -0.05) is 37.6 Å². The minimum absolute atomic E-state index is 0.257. The summed E-state index contributed by atoms with van der Waals surface area (Å²) in [4.78, 5) is 28.0. The van der Waals surface area contributed by atoms with Crippen molar-refractivity contribution < 1.29 is 9.90 Å². The van der Waals surface area contributed by atoms with E-state index in [1.54, 1.807) is 24.4 Å². The monoisotopic (exact) mass is 362 g/mol. The van der Waals surface area contributed by atoms with Gasteiger partial charge in [-0.05, 0) is 60.7 Å². The highest BCUT2D eigenvalue weighted by Gasteiger charge is 2.13. The molecular formula is C22H22N2O3. The molecule has 0 fully saturated rings. The Labute approximate surface area is 158 Å². The Morgan fingerprint density at radius 2 is 1.89 bits per heavy atom. The zero-order valence-corrected chi connectivity index (χ0v) is 15.5. The van der Waals surface area contributed by atoms with Gasteiger partial charge in [0.2, 0.25) is 0 Å². The van der Waals surface area contributed by atoms with Crippen LogP contribution in [0.4, 0.5) is 0 Å². The topological polar surface area (TPSA) is 72.2 Å². The molecule has 3 rings (SSSR count). The van der Waals surface area contributed by atoms with E-state index in [0.717, 1.165) is 36.1 Å². The zero-order valence-electron chi connectivity index (χ0n) is 15.5. The van der Waals surface area contributed by atoms with Crippen molar-refractivity contribution in [2.75, 3.05) is 0 Å². The minimum Gasteiger partial charge on any atom is -0.478 e. The molecule has 1 aromatic heterocycles. The average Bonchev–Trinajstić information content (AvgIpc) is 2.66. The molecule has 0 radical (unpaired) electrons. The predicted molar refractivity (Wildman–Crippen MR) is 106 cm³/mol. The number of unbranched alkanes of at least 4 members (excludes halogenated alkanes) is 1. The summed E-state index contributed by atoms with van der Waals surface area (Å²) in [6.45, 7) is 4.01. The van der Waals surface area contributed by atoms with Crippen LogP contribution >= 0.6 is 0 Å². The molecule has 3 aromatic rings. The fraction of sp³-hybridized carbons (Fsp3) is 0.227. The van der Waals surface area contributed by atoms with Crippen LogP contribution in [-0.2, 0) is 6.42 Å². The molecule has 0 saturated heterocycles. The van der Waals surface area contributed by atoms with E-state index in [4.69, 9.17) is 0 Å². The highest BCUT2D eigenvalue weighted by molar-refractivity contribution is 5.96. The van der Waals surface area contributed by atoms with E-state index in [1.165, 1.54) is 4.57 Å². The maximum Gasteiger partial charge on any atom is 0.352 e. The maximum absolute atomic E-state index is 12.4. The van der Waals surface area contributed by atoms with Gasteiger partial charge in [-0.15, -0.1) is 0 Å². The molecule has 1 heterocycles. The molecule has 0 amide bonds. The third-order valence-electron chi connectivity index (χ3n) is 4.58. The molecule has 138 valence electrons. The Morgan fingerprint density at radius 3 is 2.56 bits per heavy atom. The summed E-state index contributed by atoms with van der Waals surface area (Å²) in [7, 11) is 0. The summed E-state index contributed by atoms with van der Waals surface area (Å²) >= 11 is 0. The highest BCUT2D eigenvalue weighted by atomic mass is 16.4. The fourth-order valence-corrected chi connectivity index (χ4v) is 3.14. The standard InChI is InChI=1S/C22H22N2O3/c1-3-4-7-16-12-13-24(22(27)23-16)17-10-11-18(15(2)14-17)19-8-5-6-9-20(19)21(25)26/h5-6,8-14H,3-4,7H2,1-2H3,(H,25,26). The van der Waals surface area contributed by atoms with Gasteiger partial charge in [-0.3, -0.25) is 4.57 Å². The van der Waals surface area contributed by atoms with Gasteiger partial charge in [0.1, 0.15) is 0 Å². The zero-order chi connectivity index (χ0) is 19.4. The Balaban J connectivity index is 1.99. The Kier molecular flexibility index (Phi) is 5.50. The van der Waals surface area contributed by atoms with Crippen LogP contribution in [0, 0.1) is 6.92 Å². The lowest BCUT2D eigenvalue weighted by Crippen LogP contribution is -2.22. The van der Waals surface area contributed by atoms with E-state index in [2.05, 4.69) is 11.9 Å². The van der Waals surface area contributed by atoms with Crippen molar-refractivity contribution in [3.05, 3.63) is 82.0 Å². The molecule has 0 aliphatic heterocycles. The van der Waals surface area contributed by atoms with E-state index < -0.39 is 5.97 Å². The molecule has 5 nitrogen and oxygen atoms in total. The average molecular weight is 362 g/mol. The number of aromatic nitrogens is 2. The number of hydrogen-bond donors (Lipinski definition) is 1. The molecule has 0 saturated carbocycles. The molecule has 0 spiro atoms. The summed E-state index contributed by atoms with van der Waals surface area (Å²) < 4.78 is 1.51. The van der Waals surface area contributed by atoms with E-state index in [1.807, 2.05) is 37.3 Å². The van der Waals surface area contributed by atoms with Gasteiger partial charge in [0.25, 0.3) is 0 Å². The molecule has 0 aliphatic rings. The Morgan fingerprint density at radius 1 is 1.11 bits per heavy atom. The second-order valence-electron chi connectivity index (χ2n) is 6.52. The number of carbonyl (C=O) groups is 1. The normalized spacial score (nSPS) is 10.7. The number of rotatable bonds is 6. The van der Waals surface area contributed by atoms with E-state index in [0.29, 0.717) is 11.3 Å². The van der Waals surface area contributed by atoms with Crippen molar-refractivity contribution in [1.29, 1.82) is 0 Å². The van der Waals surface area contributed by atoms with Gasteiger partial charge in [0.15, 0.2) is 0 Å². The number of hydrogen-bond acceptors (Lipinski definition) is 3. The molecule has 0 bridgehead atoms. The summed E-state index contributed by atoms with van der Waals surface area (Å²) in [6.07, 6.45) is 4.62. The maximum atomic E-state index is 12.4. The molecule has 0 aliphatic carbocycles. The van der Waals surface area contributed by atoms with Crippen LogP contribution in [0.2, 0.25) is 0 Å². The van der Waals surface area contributed by atoms with Crippen LogP contribution in [0.25, 0.3) is 16.8 Å². The Hall–Kier alpha value is -3.21. The second-order valence-corrected chi connectivity index (χ2v) is 6.52. The lowest BCUT2D eigenvalue weighted by molar-refractivity contribution is 0.0697. The van der Waals surface area contributed by atoms with Crippen molar-refractivity contribution in [2.24, 2.45) is 0 Å². The van der Waals surface area contributed by atoms with Crippen molar-refractivity contribution in [3.63, 3.8) is 0 Å². The van der Waals surface area contributed by atoms with Crippen LogP contribution in [0.5, 0.6) is 0 Å². The number of aromatic carboxylic acids is 1. The SMILES string of the molecule is CCCCc1ccn(-c2ccc(-c3ccccc3C(=O)O)c(C)c2)c(=O)n1. The quantitative estimate of drug-likeness (QED) is 0.711. The third kappa shape index (κ3) is 3.97. The van der Waals surface area contributed by atoms with Gasteiger partial charge < -0.3 is 5.11 Å². The first-order chi connectivity index (χ1) is 13.0. The van der Waals surface area contributed by atoms with Crippen LogP contribution in [0.15, 0.2) is 59.5 Å². The number of nitrogens with zero attached hydrogens (tertiary/aromatic N) is 2. The number of carboxylic acid groups (broad SMARTS) is 1. The molecule has 0 unspecified atom stereocenters. The van der Waals surface area contributed by atoms with E-state index >= 15 is 0 Å². The number of benzene rings is 2. The summed E-state index contributed by atoms with van der Waals surface area (Å²) in [5.74, 6) is -0.961. The van der Waals surface area contributed by atoms with Crippen molar-refractivity contribution in [3.8, 4) is 16.8 Å². The van der Waals surface area contributed by atoms with Gasteiger partial charge >= 0.3 is 11.7 Å². The third-order valence-corrected chi connectivity index (χ3v) is 4.58. The van der Waals surface area contributed by atoms with Crippen LogP contribution < -0.4 is 5.69 Å². The Bertz CT molecular complexity index is 1040. The van der Waals surface area contributed by atoms with Crippen molar-refractivity contribution in [2.45, 2.75) is 33.1 Å². The van der Waals surface area contributed by atoms with Crippen molar-refractivity contribution >= 4 is 5.97 Å². The first-order valence-electron chi connectivity index (χ1n) is 9.03. The molecule has 5 heteroatoms. The molecule has 0 atom stereocenters. The van der Waals surface area contributed by atoms with Crippen LogP contribution in [0.1, 0.15) is 41.4 Å².